The number of aldehydes is 1. The van der Waals surface area contributed by atoms with Crippen LogP contribution in [0.3, 0.4) is 0 Å². The minimum absolute atomic E-state index is 0. The second kappa shape index (κ2) is 3.91. The molecular weight excluding hydrogens is 170 g/mol. The first-order chi connectivity index (χ1) is 5.90. The number of rotatable bonds is 1. The van der Waals surface area contributed by atoms with E-state index in [0.717, 1.165) is 6.29 Å². The van der Waals surface area contributed by atoms with Gasteiger partial charge in [0.25, 0.3) is 0 Å². The van der Waals surface area contributed by atoms with Gasteiger partial charge in [-0.2, -0.15) is 0 Å². The van der Waals surface area contributed by atoms with Crippen molar-refractivity contribution in [3.8, 4) is 11.5 Å². The molecule has 1 heterocycles. The number of carbonyl (C=O) groups is 1. The van der Waals surface area contributed by atoms with Crippen molar-refractivity contribution in [2.24, 2.45) is 0 Å². The van der Waals surface area contributed by atoms with Crippen LogP contribution in [0.15, 0.2) is 18.2 Å². The Labute approximate surface area is 76.0 Å². The van der Waals surface area contributed by atoms with Crippen LogP contribution >= 0.6 is 0 Å². The summed E-state index contributed by atoms with van der Waals surface area (Å²) in [6, 6.07) is 5.14. The van der Waals surface area contributed by atoms with Gasteiger partial charge in [0.05, 0.1) is 0 Å². The Kier molecular flexibility index (Phi) is 2.87. The molecular formula is C9H11NO3. The standard InChI is InChI=1S/C9H8O3.H3N/c10-6-7-1-2-8-9(5-7)12-4-3-11-8;/h1-2,5-6H,3-4H2;1H3. The second-order valence-corrected chi connectivity index (χ2v) is 2.52. The molecule has 0 aliphatic carbocycles. The van der Waals surface area contributed by atoms with E-state index in [4.69, 9.17) is 9.47 Å². The number of benzene rings is 1. The fourth-order valence-electron chi connectivity index (χ4n) is 1.13. The highest BCUT2D eigenvalue weighted by molar-refractivity contribution is 5.76. The van der Waals surface area contributed by atoms with E-state index in [1.807, 2.05) is 0 Å². The van der Waals surface area contributed by atoms with Crippen molar-refractivity contribution in [1.82, 2.24) is 6.15 Å². The molecule has 0 aromatic heterocycles. The van der Waals surface area contributed by atoms with Crippen molar-refractivity contribution in [2.75, 3.05) is 13.2 Å². The summed E-state index contributed by atoms with van der Waals surface area (Å²) < 4.78 is 10.6. The molecule has 0 fully saturated rings. The molecule has 70 valence electrons. The first-order valence-electron chi connectivity index (χ1n) is 3.75. The lowest BCUT2D eigenvalue weighted by atomic mass is 10.2. The molecule has 0 bridgehead atoms. The Hall–Kier alpha value is -1.55. The van der Waals surface area contributed by atoms with Crippen molar-refractivity contribution in [3.05, 3.63) is 23.8 Å². The first-order valence-corrected chi connectivity index (χ1v) is 3.75. The van der Waals surface area contributed by atoms with Gasteiger partial charge in [-0.15, -0.1) is 0 Å². The summed E-state index contributed by atoms with van der Waals surface area (Å²) in [5.41, 5.74) is 0.610. The number of carbonyl (C=O) groups excluding carboxylic acids is 1. The Balaban J connectivity index is 0.000000845. The monoisotopic (exact) mass is 181 g/mol. The van der Waals surface area contributed by atoms with E-state index in [9.17, 15) is 4.79 Å². The average molecular weight is 181 g/mol. The fourth-order valence-corrected chi connectivity index (χ4v) is 1.13. The maximum Gasteiger partial charge on any atom is 0.162 e. The van der Waals surface area contributed by atoms with Crippen LogP contribution in [-0.4, -0.2) is 19.5 Å². The molecule has 2 rings (SSSR count). The number of hydrogen-bond acceptors (Lipinski definition) is 4. The van der Waals surface area contributed by atoms with Crippen molar-refractivity contribution in [1.29, 1.82) is 0 Å². The summed E-state index contributed by atoms with van der Waals surface area (Å²) in [4.78, 5) is 10.4. The van der Waals surface area contributed by atoms with Gasteiger partial charge in [-0.25, -0.2) is 0 Å². The van der Waals surface area contributed by atoms with Gasteiger partial charge in [0, 0.05) is 5.56 Å². The highest BCUT2D eigenvalue weighted by atomic mass is 16.6. The number of fused-ring (bicyclic) bond motifs is 1. The molecule has 0 unspecified atom stereocenters. The predicted molar refractivity (Wildman–Crippen MR) is 47.8 cm³/mol. The molecule has 1 aliphatic rings. The van der Waals surface area contributed by atoms with Crippen LogP contribution in [0.2, 0.25) is 0 Å². The Morgan fingerprint density at radius 2 is 1.85 bits per heavy atom. The molecule has 0 atom stereocenters. The van der Waals surface area contributed by atoms with Gasteiger partial charge >= 0.3 is 0 Å². The van der Waals surface area contributed by atoms with Gasteiger partial charge in [0.2, 0.25) is 0 Å². The van der Waals surface area contributed by atoms with E-state index < -0.39 is 0 Å². The third kappa shape index (κ3) is 1.78. The van der Waals surface area contributed by atoms with Gasteiger partial charge in [-0.05, 0) is 18.2 Å². The van der Waals surface area contributed by atoms with Gasteiger partial charge in [-0.1, -0.05) is 0 Å². The summed E-state index contributed by atoms with van der Waals surface area (Å²) in [5.74, 6) is 1.37. The Morgan fingerprint density at radius 3 is 2.54 bits per heavy atom. The van der Waals surface area contributed by atoms with Crippen molar-refractivity contribution in [3.63, 3.8) is 0 Å². The zero-order valence-corrected chi connectivity index (χ0v) is 7.16. The van der Waals surface area contributed by atoms with E-state index in [1.165, 1.54) is 0 Å². The molecule has 3 N–H and O–H groups in total. The molecule has 0 radical (unpaired) electrons. The summed E-state index contributed by atoms with van der Waals surface area (Å²) in [6.07, 6.45) is 0.790. The zero-order chi connectivity index (χ0) is 8.39. The normalized spacial score (nSPS) is 12.9. The van der Waals surface area contributed by atoms with Crippen molar-refractivity contribution >= 4 is 6.29 Å². The van der Waals surface area contributed by atoms with Crippen LogP contribution in [0.4, 0.5) is 0 Å². The van der Waals surface area contributed by atoms with Crippen LogP contribution in [0.25, 0.3) is 0 Å². The van der Waals surface area contributed by atoms with Crippen LogP contribution in [0.5, 0.6) is 11.5 Å². The summed E-state index contributed by atoms with van der Waals surface area (Å²) in [6.45, 7) is 1.13. The largest absolute Gasteiger partial charge is 0.486 e. The van der Waals surface area contributed by atoms with E-state index in [0.29, 0.717) is 30.3 Å². The summed E-state index contributed by atoms with van der Waals surface area (Å²) >= 11 is 0. The average Bonchev–Trinajstić information content (AvgIpc) is 2.17. The summed E-state index contributed by atoms with van der Waals surface area (Å²) in [7, 11) is 0. The van der Waals surface area contributed by atoms with Gasteiger partial charge in [-0.3, -0.25) is 4.79 Å². The minimum Gasteiger partial charge on any atom is -0.486 e. The van der Waals surface area contributed by atoms with Crippen LogP contribution in [0.1, 0.15) is 10.4 Å². The predicted octanol–water partition coefficient (Wildman–Crippen LogP) is 1.43. The second-order valence-electron chi connectivity index (χ2n) is 2.52. The van der Waals surface area contributed by atoms with E-state index in [-0.39, 0.29) is 6.15 Å². The molecule has 0 spiro atoms. The number of hydrogen-bond donors (Lipinski definition) is 1. The summed E-state index contributed by atoms with van der Waals surface area (Å²) in [5, 5.41) is 0. The van der Waals surface area contributed by atoms with E-state index in [2.05, 4.69) is 0 Å². The molecule has 1 aromatic carbocycles. The molecule has 0 saturated carbocycles. The SMILES string of the molecule is N.O=Cc1ccc2c(c1)OCCO2. The quantitative estimate of drug-likeness (QED) is 0.665. The minimum atomic E-state index is 0. The highest BCUT2D eigenvalue weighted by Crippen LogP contribution is 2.29. The van der Waals surface area contributed by atoms with Crippen molar-refractivity contribution in [2.45, 2.75) is 0 Å². The molecule has 1 aliphatic heterocycles. The third-order valence-corrected chi connectivity index (χ3v) is 1.70. The molecule has 4 heteroatoms. The third-order valence-electron chi connectivity index (χ3n) is 1.70. The molecule has 0 amide bonds. The lowest BCUT2D eigenvalue weighted by Gasteiger charge is -2.17. The van der Waals surface area contributed by atoms with Crippen LogP contribution in [0, 0.1) is 0 Å². The molecule has 0 saturated heterocycles. The van der Waals surface area contributed by atoms with E-state index in [1.54, 1.807) is 18.2 Å². The van der Waals surface area contributed by atoms with Crippen LogP contribution < -0.4 is 15.6 Å². The lowest BCUT2D eigenvalue weighted by Crippen LogP contribution is -2.15. The zero-order valence-electron chi connectivity index (χ0n) is 7.16. The molecule has 4 nitrogen and oxygen atoms in total. The van der Waals surface area contributed by atoms with Crippen molar-refractivity contribution < 1.29 is 14.3 Å². The molecule has 1 aromatic rings. The maximum absolute atomic E-state index is 10.4. The number of ether oxygens (including phenoxy) is 2. The van der Waals surface area contributed by atoms with Gasteiger partial charge < -0.3 is 15.6 Å². The Morgan fingerprint density at radius 1 is 1.15 bits per heavy atom. The van der Waals surface area contributed by atoms with Crippen LogP contribution in [-0.2, 0) is 0 Å². The van der Waals surface area contributed by atoms with E-state index >= 15 is 0 Å². The highest BCUT2D eigenvalue weighted by Gasteiger charge is 2.10. The van der Waals surface area contributed by atoms with Gasteiger partial charge in [0.1, 0.15) is 19.5 Å². The maximum atomic E-state index is 10.4. The first kappa shape index (κ1) is 9.54. The molecule has 13 heavy (non-hydrogen) atoms. The smallest absolute Gasteiger partial charge is 0.162 e. The lowest BCUT2D eigenvalue weighted by molar-refractivity contribution is 0.112. The fraction of sp³-hybridized carbons (Fsp3) is 0.222. The topological polar surface area (TPSA) is 70.5 Å². The Bertz CT molecular complexity index is 312. The van der Waals surface area contributed by atoms with Gasteiger partial charge in [0.15, 0.2) is 11.5 Å².